The number of benzene rings is 1. The van der Waals surface area contributed by atoms with E-state index in [9.17, 15) is 5.21 Å². The van der Waals surface area contributed by atoms with E-state index < -0.39 is 0 Å². The molecule has 0 radical (unpaired) electrons. The number of fused-ring (bicyclic) bond motifs is 1. The Morgan fingerprint density at radius 1 is 1.53 bits per heavy atom. The molecule has 1 N–H and O–H groups in total. The zero-order valence-electron chi connectivity index (χ0n) is 8.16. The van der Waals surface area contributed by atoms with Crippen LogP contribution >= 0.6 is 11.6 Å². The third kappa shape index (κ3) is 1.34. The van der Waals surface area contributed by atoms with E-state index in [1.807, 2.05) is 6.92 Å². The second kappa shape index (κ2) is 3.48. The van der Waals surface area contributed by atoms with Crippen LogP contribution in [0.4, 0.5) is 0 Å². The van der Waals surface area contributed by atoms with E-state index in [1.54, 1.807) is 18.2 Å². The molecule has 0 aliphatic carbocycles. The van der Waals surface area contributed by atoms with E-state index in [4.69, 9.17) is 16.9 Å². The number of hydrogen-bond donors (Lipinski definition) is 1. The van der Waals surface area contributed by atoms with Gasteiger partial charge in [-0.2, -0.15) is 9.99 Å². The van der Waals surface area contributed by atoms with Gasteiger partial charge in [0.05, 0.1) is 16.8 Å². The summed E-state index contributed by atoms with van der Waals surface area (Å²) < 4.78 is 1.06. The summed E-state index contributed by atoms with van der Waals surface area (Å²) >= 11 is 5.85. The molecule has 1 aromatic carbocycles. The van der Waals surface area contributed by atoms with Gasteiger partial charge in [0.2, 0.25) is 0 Å². The Bertz CT molecular complexity index is 566. The van der Waals surface area contributed by atoms with Crippen LogP contribution in [0.25, 0.3) is 10.9 Å². The second-order valence-corrected chi connectivity index (χ2v) is 3.70. The van der Waals surface area contributed by atoms with Gasteiger partial charge >= 0.3 is 0 Å². The molecule has 1 heterocycles. The lowest BCUT2D eigenvalue weighted by Crippen LogP contribution is -1.96. The van der Waals surface area contributed by atoms with Gasteiger partial charge < -0.3 is 5.21 Å². The molecule has 0 unspecified atom stereocenters. The molecule has 4 heteroatoms. The molecule has 0 atom stereocenters. The van der Waals surface area contributed by atoms with Crippen LogP contribution in [0.15, 0.2) is 18.2 Å². The van der Waals surface area contributed by atoms with Crippen molar-refractivity contribution in [3.63, 3.8) is 0 Å². The van der Waals surface area contributed by atoms with E-state index in [0.717, 1.165) is 4.73 Å². The highest BCUT2D eigenvalue weighted by molar-refractivity contribution is 6.31. The molecule has 0 aliphatic heterocycles. The summed E-state index contributed by atoms with van der Waals surface area (Å²) in [7, 11) is 0. The summed E-state index contributed by atoms with van der Waals surface area (Å²) in [5.74, 6) is 0. The lowest BCUT2D eigenvalue weighted by Gasteiger charge is -1.98. The first-order chi connectivity index (χ1) is 7.19. The average Bonchev–Trinajstić information content (AvgIpc) is 2.50. The molecule has 0 saturated heterocycles. The van der Waals surface area contributed by atoms with Crippen LogP contribution in [0.2, 0.25) is 5.02 Å². The normalized spacial score (nSPS) is 10.5. The van der Waals surface area contributed by atoms with Gasteiger partial charge in [-0.05, 0) is 24.6 Å². The van der Waals surface area contributed by atoms with Crippen molar-refractivity contribution in [3.8, 4) is 6.07 Å². The predicted molar refractivity (Wildman–Crippen MR) is 58.2 cm³/mol. The quantitative estimate of drug-likeness (QED) is 0.752. The van der Waals surface area contributed by atoms with Crippen LogP contribution < -0.4 is 0 Å². The fourth-order valence-electron chi connectivity index (χ4n) is 1.75. The number of halogens is 1. The molecular weight excluding hydrogens is 212 g/mol. The SMILES string of the molecule is CCc1c(C#N)c2cc(Cl)ccc2n1O. The van der Waals surface area contributed by atoms with Crippen molar-refractivity contribution >= 4 is 22.5 Å². The zero-order chi connectivity index (χ0) is 11.0. The minimum atomic E-state index is 0.498. The average molecular weight is 221 g/mol. The molecule has 1 aromatic heterocycles. The molecule has 76 valence electrons. The fraction of sp³-hybridized carbons (Fsp3) is 0.182. The monoisotopic (exact) mass is 220 g/mol. The molecule has 2 aromatic rings. The van der Waals surface area contributed by atoms with Crippen LogP contribution in [-0.4, -0.2) is 9.94 Å². The Labute approximate surface area is 92.1 Å². The third-order valence-corrected chi connectivity index (χ3v) is 2.68. The highest BCUT2D eigenvalue weighted by atomic mass is 35.5. The molecule has 0 amide bonds. The van der Waals surface area contributed by atoms with E-state index in [1.165, 1.54) is 0 Å². The second-order valence-electron chi connectivity index (χ2n) is 3.26. The van der Waals surface area contributed by atoms with E-state index >= 15 is 0 Å². The maximum absolute atomic E-state index is 9.81. The summed E-state index contributed by atoms with van der Waals surface area (Å²) in [6, 6.07) is 7.19. The highest BCUT2D eigenvalue weighted by Gasteiger charge is 2.15. The van der Waals surface area contributed by atoms with Gasteiger partial charge in [-0.15, -0.1) is 0 Å². The molecular formula is C11H9ClN2O. The van der Waals surface area contributed by atoms with Crippen LogP contribution in [0.5, 0.6) is 0 Å². The first-order valence-corrected chi connectivity index (χ1v) is 4.99. The van der Waals surface area contributed by atoms with Gasteiger partial charge in [-0.25, -0.2) is 0 Å². The summed E-state index contributed by atoms with van der Waals surface area (Å²) in [5, 5.41) is 20.1. The van der Waals surface area contributed by atoms with Crippen molar-refractivity contribution in [2.24, 2.45) is 0 Å². The number of hydrogen-bond acceptors (Lipinski definition) is 2. The zero-order valence-corrected chi connectivity index (χ0v) is 8.91. The number of aromatic nitrogens is 1. The third-order valence-electron chi connectivity index (χ3n) is 2.45. The maximum atomic E-state index is 9.81. The predicted octanol–water partition coefficient (Wildman–Crippen LogP) is 2.97. The largest absolute Gasteiger partial charge is 0.428 e. The van der Waals surface area contributed by atoms with Crippen molar-refractivity contribution in [2.45, 2.75) is 13.3 Å². The van der Waals surface area contributed by atoms with Gasteiger partial charge in [0.1, 0.15) is 6.07 Å². The molecule has 2 rings (SSSR count). The minimum absolute atomic E-state index is 0.498. The van der Waals surface area contributed by atoms with Crippen LogP contribution in [0.3, 0.4) is 0 Å². The topological polar surface area (TPSA) is 49.0 Å². The molecule has 0 saturated carbocycles. The fourth-order valence-corrected chi connectivity index (χ4v) is 1.92. The van der Waals surface area contributed by atoms with Gasteiger partial charge in [-0.1, -0.05) is 18.5 Å². The maximum Gasteiger partial charge on any atom is 0.102 e. The van der Waals surface area contributed by atoms with Gasteiger partial charge in [-0.3, -0.25) is 0 Å². The van der Waals surface area contributed by atoms with Crippen molar-refractivity contribution < 1.29 is 5.21 Å². The Balaban J connectivity index is 2.93. The van der Waals surface area contributed by atoms with Crippen LogP contribution in [0, 0.1) is 11.3 Å². The first-order valence-electron chi connectivity index (χ1n) is 4.61. The number of nitriles is 1. The van der Waals surface area contributed by atoms with Gasteiger partial charge in [0, 0.05) is 10.4 Å². The van der Waals surface area contributed by atoms with Crippen LogP contribution in [-0.2, 0) is 6.42 Å². The molecule has 3 nitrogen and oxygen atoms in total. The Morgan fingerprint density at radius 2 is 2.27 bits per heavy atom. The van der Waals surface area contributed by atoms with E-state index in [2.05, 4.69) is 6.07 Å². The molecule has 15 heavy (non-hydrogen) atoms. The molecule has 0 bridgehead atoms. The lowest BCUT2D eigenvalue weighted by atomic mass is 10.1. The van der Waals surface area contributed by atoms with Gasteiger partial charge in [0.25, 0.3) is 0 Å². The van der Waals surface area contributed by atoms with Crippen molar-refractivity contribution in [1.82, 2.24) is 4.73 Å². The van der Waals surface area contributed by atoms with Crippen molar-refractivity contribution in [3.05, 3.63) is 34.5 Å². The van der Waals surface area contributed by atoms with Gasteiger partial charge in [0.15, 0.2) is 0 Å². The Morgan fingerprint density at radius 3 is 2.87 bits per heavy atom. The Kier molecular flexibility index (Phi) is 2.29. The molecule has 0 fully saturated rings. The summed E-state index contributed by atoms with van der Waals surface area (Å²) in [6.07, 6.45) is 0.603. The smallest absolute Gasteiger partial charge is 0.102 e. The standard InChI is InChI=1S/C11H9ClN2O/c1-2-10-9(6-13)8-5-7(12)3-4-11(8)14(10)15/h3-5,15H,2H2,1H3. The molecule has 0 spiro atoms. The summed E-state index contributed by atoms with van der Waals surface area (Å²) in [5.41, 5.74) is 1.74. The van der Waals surface area contributed by atoms with Crippen molar-refractivity contribution in [1.29, 1.82) is 5.26 Å². The Hall–Kier alpha value is -1.66. The number of rotatable bonds is 1. The summed E-state index contributed by atoms with van der Waals surface area (Å²) in [6.45, 7) is 1.89. The first kappa shape index (κ1) is 9.88. The van der Waals surface area contributed by atoms with Crippen molar-refractivity contribution in [2.75, 3.05) is 0 Å². The van der Waals surface area contributed by atoms with E-state index in [0.29, 0.717) is 33.6 Å². The van der Waals surface area contributed by atoms with E-state index in [-0.39, 0.29) is 0 Å². The summed E-state index contributed by atoms with van der Waals surface area (Å²) in [4.78, 5) is 0. The minimum Gasteiger partial charge on any atom is -0.428 e. The lowest BCUT2D eigenvalue weighted by molar-refractivity contribution is 0.191. The highest BCUT2D eigenvalue weighted by Crippen LogP contribution is 2.27. The number of nitrogens with zero attached hydrogens (tertiary/aromatic N) is 2. The molecule has 0 aliphatic rings. The van der Waals surface area contributed by atoms with Crippen LogP contribution in [0.1, 0.15) is 18.2 Å².